The predicted molar refractivity (Wildman–Crippen MR) is 120 cm³/mol. The number of benzene rings is 1. The minimum atomic E-state index is -0.0236. The SMILES string of the molecule is Cc1ccc(C(CNC(=O)N2CCN(Cc3ccc(C#N)cc3)CC2)N2CCOCC2)o1. The maximum Gasteiger partial charge on any atom is 0.317 e. The third-order valence-corrected chi connectivity index (χ3v) is 6.17. The molecule has 0 radical (unpaired) electrons. The van der Waals surface area contributed by atoms with Crippen molar-refractivity contribution >= 4 is 6.03 Å². The van der Waals surface area contributed by atoms with E-state index < -0.39 is 0 Å². The first-order valence-electron chi connectivity index (χ1n) is 11.2. The number of hydrogen-bond donors (Lipinski definition) is 1. The van der Waals surface area contributed by atoms with Gasteiger partial charge in [-0.15, -0.1) is 0 Å². The number of furan rings is 1. The van der Waals surface area contributed by atoms with Gasteiger partial charge in [0.25, 0.3) is 0 Å². The number of nitrogens with zero attached hydrogens (tertiary/aromatic N) is 4. The Morgan fingerprint density at radius 1 is 1.06 bits per heavy atom. The molecule has 170 valence electrons. The van der Waals surface area contributed by atoms with Crippen LogP contribution in [0.5, 0.6) is 0 Å². The zero-order valence-corrected chi connectivity index (χ0v) is 18.6. The lowest BCUT2D eigenvalue weighted by Crippen LogP contribution is -2.52. The van der Waals surface area contributed by atoms with Crippen LogP contribution in [0, 0.1) is 18.3 Å². The van der Waals surface area contributed by atoms with Crippen molar-refractivity contribution in [1.82, 2.24) is 20.0 Å². The van der Waals surface area contributed by atoms with Crippen LogP contribution in [0.15, 0.2) is 40.8 Å². The number of morpholine rings is 1. The highest BCUT2D eigenvalue weighted by molar-refractivity contribution is 5.74. The summed E-state index contributed by atoms with van der Waals surface area (Å²) in [5.74, 6) is 1.76. The van der Waals surface area contributed by atoms with E-state index in [1.54, 1.807) is 0 Å². The second kappa shape index (κ2) is 10.6. The molecule has 1 atom stereocenters. The van der Waals surface area contributed by atoms with Gasteiger partial charge in [0.05, 0.1) is 30.9 Å². The lowest BCUT2D eigenvalue weighted by molar-refractivity contribution is 0.0118. The van der Waals surface area contributed by atoms with Gasteiger partial charge in [0, 0.05) is 52.4 Å². The molecular formula is C24H31N5O3. The first kappa shape index (κ1) is 22.3. The second-order valence-electron chi connectivity index (χ2n) is 8.37. The number of carbonyl (C=O) groups excluding carboxylic acids is 1. The standard InChI is InChI=1S/C24H31N5O3/c1-19-2-7-23(32-19)22(28-12-14-31-15-13-28)17-26-24(30)29-10-8-27(9-11-29)18-21-5-3-20(16-25)4-6-21/h2-7,22H,8-15,17-18H2,1H3,(H,26,30). The highest BCUT2D eigenvalue weighted by Gasteiger charge is 2.27. The molecular weight excluding hydrogens is 406 g/mol. The van der Waals surface area contributed by atoms with Crippen LogP contribution in [0.2, 0.25) is 0 Å². The predicted octanol–water partition coefficient (Wildman–Crippen LogP) is 2.36. The van der Waals surface area contributed by atoms with Crippen LogP contribution in [-0.2, 0) is 11.3 Å². The molecule has 1 aromatic carbocycles. The molecule has 0 spiro atoms. The zero-order valence-electron chi connectivity index (χ0n) is 18.6. The average molecular weight is 438 g/mol. The Morgan fingerprint density at radius 2 is 1.78 bits per heavy atom. The Kier molecular flexibility index (Phi) is 7.43. The number of ether oxygens (including phenoxy) is 1. The average Bonchev–Trinajstić information content (AvgIpc) is 3.26. The molecule has 1 aromatic heterocycles. The van der Waals surface area contributed by atoms with Crippen LogP contribution < -0.4 is 5.32 Å². The third-order valence-electron chi connectivity index (χ3n) is 6.17. The van der Waals surface area contributed by atoms with Crippen molar-refractivity contribution in [3.05, 3.63) is 59.0 Å². The first-order chi connectivity index (χ1) is 15.6. The summed E-state index contributed by atoms with van der Waals surface area (Å²) >= 11 is 0. The molecule has 0 aliphatic carbocycles. The molecule has 2 amide bonds. The van der Waals surface area contributed by atoms with Gasteiger partial charge in [0.1, 0.15) is 11.5 Å². The summed E-state index contributed by atoms with van der Waals surface area (Å²) in [6.45, 7) is 9.40. The molecule has 2 aliphatic heterocycles. The van der Waals surface area contributed by atoms with Crippen LogP contribution in [0.25, 0.3) is 0 Å². The van der Waals surface area contributed by atoms with E-state index in [2.05, 4.69) is 21.2 Å². The minimum Gasteiger partial charge on any atom is -0.465 e. The molecule has 4 rings (SSSR count). The quantitative estimate of drug-likeness (QED) is 0.747. The first-order valence-corrected chi connectivity index (χ1v) is 11.2. The largest absolute Gasteiger partial charge is 0.465 e. The lowest BCUT2D eigenvalue weighted by atomic mass is 10.1. The Hall–Kier alpha value is -2.86. The maximum atomic E-state index is 12.8. The Labute approximate surface area is 189 Å². The summed E-state index contributed by atoms with van der Waals surface area (Å²) in [4.78, 5) is 19.4. The van der Waals surface area contributed by atoms with Gasteiger partial charge in [0.2, 0.25) is 0 Å². The Balaban J connectivity index is 1.27. The van der Waals surface area contributed by atoms with E-state index >= 15 is 0 Å². The number of rotatable bonds is 6. The number of hydrogen-bond acceptors (Lipinski definition) is 6. The molecule has 8 nitrogen and oxygen atoms in total. The highest BCUT2D eigenvalue weighted by atomic mass is 16.5. The molecule has 2 fully saturated rings. The van der Waals surface area contributed by atoms with E-state index in [4.69, 9.17) is 14.4 Å². The van der Waals surface area contributed by atoms with Crippen molar-refractivity contribution in [2.24, 2.45) is 0 Å². The molecule has 32 heavy (non-hydrogen) atoms. The minimum absolute atomic E-state index is 0.00854. The fourth-order valence-corrected chi connectivity index (χ4v) is 4.28. The van der Waals surface area contributed by atoms with E-state index in [1.807, 2.05) is 48.2 Å². The number of nitrogens with one attached hydrogen (secondary N) is 1. The van der Waals surface area contributed by atoms with Gasteiger partial charge in [-0.2, -0.15) is 5.26 Å². The fourth-order valence-electron chi connectivity index (χ4n) is 4.28. The van der Waals surface area contributed by atoms with E-state index in [0.29, 0.717) is 38.4 Å². The summed E-state index contributed by atoms with van der Waals surface area (Å²) in [6.07, 6.45) is 0. The third kappa shape index (κ3) is 5.68. The van der Waals surface area contributed by atoms with Crippen molar-refractivity contribution in [1.29, 1.82) is 5.26 Å². The highest BCUT2D eigenvalue weighted by Crippen LogP contribution is 2.23. The molecule has 1 unspecified atom stereocenters. The number of carbonyl (C=O) groups is 1. The Morgan fingerprint density at radius 3 is 2.41 bits per heavy atom. The normalized spacial score (nSPS) is 18.8. The van der Waals surface area contributed by atoms with E-state index in [0.717, 1.165) is 44.2 Å². The molecule has 2 aliphatic rings. The number of piperazine rings is 1. The van der Waals surface area contributed by atoms with Crippen molar-refractivity contribution < 1.29 is 13.9 Å². The smallest absolute Gasteiger partial charge is 0.317 e. The van der Waals surface area contributed by atoms with Gasteiger partial charge in [-0.3, -0.25) is 9.80 Å². The van der Waals surface area contributed by atoms with Crippen LogP contribution in [0.4, 0.5) is 4.79 Å². The summed E-state index contributed by atoms with van der Waals surface area (Å²) in [7, 11) is 0. The molecule has 0 bridgehead atoms. The molecule has 2 saturated heterocycles. The van der Waals surface area contributed by atoms with Gasteiger partial charge in [-0.1, -0.05) is 12.1 Å². The molecule has 0 saturated carbocycles. The summed E-state index contributed by atoms with van der Waals surface area (Å²) in [6, 6.07) is 13.8. The number of urea groups is 1. The molecule has 2 aromatic rings. The molecule has 1 N–H and O–H groups in total. The summed E-state index contributed by atoms with van der Waals surface area (Å²) < 4.78 is 11.4. The maximum absolute atomic E-state index is 12.8. The number of amides is 2. The summed E-state index contributed by atoms with van der Waals surface area (Å²) in [5.41, 5.74) is 1.86. The lowest BCUT2D eigenvalue weighted by Gasteiger charge is -2.36. The van der Waals surface area contributed by atoms with Crippen LogP contribution in [0.3, 0.4) is 0 Å². The van der Waals surface area contributed by atoms with Gasteiger partial charge >= 0.3 is 6.03 Å². The second-order valence-corrected chi connectivity index (χ2v) is 8.37. The van der Waals surface area contributed by atoms with Gasteiger partial charge < -0.3 is 19.4 Å². The Bertz CT molecular complexity index is 922. The van der Waals surface area contributed by atoms with Crippen molar-refractivity contribution in [2.75, 3.05) is 59.0 Å². The van der Waals surface area contributed by atoms with Crippen LogP contribution >= 0.6 is 0 Å². The van der Waals surface area contributed by atoms with E-state index in [9.17, 15) is 4.79 Å². The van der Waals surface area contributed by atoms with E-state index in [-0.39, 0.29) is 12.1 Å². The topological polar surface area (TPSA) is 85.0 Å². The molecule has 3 heterocycles. The van der Waals surface area contributed by atoms with Gasteiger partial charge in [-0.05, 0) is 36.8 Å². The van der Waals surface area contributed by atoms with Crippen molar-refractivity contribution in [3.8, 4) is 6.07 Å². The van der Waals surface area contributed by atoms with Crippen LogP contribution in [-0.4, -0.2) is 79.8 Å². The van der Waals surface area contributed by atoms with Crippen molar-refractivity contribution in [3.63, 3.8) is 0 Å². The summed E-state index contributed by atoms with van der Waals surface area (Å²) in [5, 5.41) is 12.1. The fraction of sp³-hybridized carbons (Fsp3) is 0.500. The van der Waals surface area contributed by atoms with Gasteiger partial charge in [0.15, 0.2) is 0 Å². The van der Waals surface area contributed by atoms with Crippen molar-refractivity contribution in [2.45, 2.75) is 19.5 Å². The monoisotopic (exact) mass is 437 g/mol. The van der Waals surface area contributed by atoms with Gasteiger partial charge in [-0.25, -0.2) is 4.79 Å². The van der Waals surface area contributed by atoms with Crippen LogP contribution in [0.1, 0.15) is 28.7 Å². The number of nitriles is 1. The molecule has 8 heteroatoms. The van der Waals surface area contributed by atoms with E-state index in [1.165, 1.54) is 5.56 Å². The number of aryl methyl sites for hydroxylation is 1. The zero-order chi connectivity index (χ0) is 22.3.